The van der Waals surface area contributed by atoms with Crippen LogP contribution in [0.3, 0.4) is 0 Å². The average molecular weight is 908 g/mol. The van der Waals surface area contributed by atoms with Crippen molar-refractivity contribution in [1.29, 1.82) is 0 Å². The van der Waals surface area contributed by atoms with E-state index >= 15 is 0 Å². The molecule has 0 saturated carbocycles. The topological polar surface area (TPSA) is 105 Å². The first-order valence-electron chi connectivity index (χ1n) is 26.5. The summed E-state index contributed by atoms with van der Waals surface area (Å²) in [4.78, 5) is 23.2. The van der Waals surface area contributed by atoms with Gasteiger partial charge in [0, 0.05) is 6.42 Å². The number of aliphatic hydroxyl groups excluding tert-OH is 1. The Morgan fingerprint density at radius 3 is 1.40 bits per heavy atom. The molecule has 0 radical (unpaired) electrons. The lowest BCUT2D eigenvalue weighted by molar-refractivity contribution is -0.870. The molecule has 0 rings (SSSR count). The number of carbonyl (C=O) groups excluding carboxylic acids is 1. The smallest absolute Gasteiger partial charge is 0.387 e. The van der Waals surface area contributed by atoms with E-state index in [2.05, 4.69) is 55.6 Å². The van der Waals surface area contributed by atoms with E-state index in [1.54, 1.807) is 6.08 Å². The van der Waals surface area contributed by atoms with Crippen molar-refractivity contribution >= 4 is 13.7 Å². The number of phosphoric acid groups is 1. The quantitative estimate of drug-likeness (QED) is 0.0243. The summed E-state index contributed by atoms with van der Waals surface area (Å²) >= 11 is 0. The molecule has 9 heteroatoms. The SMILES string of the molecule is CC/C=C\C/C=C\C/C=C\CCCCCC(=O)NC(COP(=O)(O)OCC[N+](C)(C)C)C(O)/C=C/CCCCCCCCCCCCCCCCCCCCCCCCCCCC. The predicted molar refractivity (Wildman–Crippen MR) is 272 cm³/mol. The molecule has 0 aliphatic heterocycles. The second-order valence-electron chi connectivity index (χ2n) is 19.2. The van der Waals surface area contributed by atoms with Crippen LogP contribution >= 0.6 is 7.82 Å². The van der Waals surface area contributed by atoms with E-state index in [9.17, 15) is 19.4 Å². The molecule has 0 aliphatic rings. The van der Waals surface area contributed by atoms with Gasteiger partial charge in [-0.2, -0.15) is 0 Å². The van der Waals surface area contributed by atoms with E-state index in [0.717, 1.165) is 64.2 Å². The number of amides is 1. The molecule has 3 unspecified atom stereocenters. The number of unbranched alkanes of at least 4 members (excludes halogenated alkanes) is 29. The Balaban J connectivity index is 4.17. The monoisotopic (exact) mass is 908 g/mol. The second-order valence-corrected chi connectivity index (χ2v) is 20.7. The molecular weight excluding hydrogens is 804 g/mol. The molecule has 1 amide bonds. The molecule has 63 heavy (non-hydrogen) atoms. The number of rotatable bonds is 48. The molecule has 0 spiro atoms. The highest BCUT2D eigenvalue weighted by atomic mass is 31.2. The molecule has 0 aromatic carbocycles. The largest absolute Gasteiger partial charge is 0.472 e. The van der Waals surface area contributed by atoms with Crippen LogP contribution in [0, 0.1) is 0 Å². The van der Waals surface area contributed by atoms with Crippen LogP contribution in [0.25, 0.3) is 0 Å². The maximum Gasteiger partial charge on any atom is 0.472 e. The average Bonchev–Trinajstić information content (AvgIpc) is 3.24. The summed E-state index contributed by atoms with van der Waals surface area (Å²) in [6.07, 6.45) is 59.4. The van der Waals surface area contributed by atoms with Crippen LogP contribution in [0.4, 0.5) is 0 Å². The normalized spacial score (nSPS) is 14.5. The number of hydrogen-bond acceptors (Lipinski definition) is 5. The highest BCUT2D eigenvalue weighted by Crippen LogP contribution is 2.43. The highest BCUT2D eigenvalue weighted by molar-refractivity contribution is 7.47. The fourth-order valence-corrected chi connectivity index (χ4v) is 8.38. The van der Waals surface area contributed by atoms with Gasteiger partial charge >= 0.3 is 7.82 Å². The van der Waals surface area contributed by atoms with Gasteiger partial charge in [0.25, 0.3) is 0 Å². The molecule has 0 bridgehead atoms. The minimum Gasteiger partial charge on any atom is -0.387 e. The van der Waals surface area contributed by atoms with E-state index in [1.165, 1.54) is 154 Å². The van der Waals surface area contributed by atoms with Gasteiger partial charge in [-0.3, -0.25) is 13.8 Å². The van der Waals surface area contributed by atoms with E-state index < -0.39 is 20.0 Å². The summed E-state index contributed by atoms with van der Waals surface area (Å²) in [7, 11) is 1.55. The summed E-state index contributed by atoms with van der Waals surface area (Å²) in [6.45, 7) is 4.69. The van der Waals surface area contributed by atoms with Gasteiger partial charge in [-0.15, -0.1) is 0 Å². The maximum absolute atomic E-state index is 12.9. The third-order valence-electron chi connectivity index (χ3n) is 11.8. The van der Waals surface area contributed by atoms with Crippen molar-refractivity contribution in [3.05, 3.63) is 48.6 Å². The van der Waals surface area contributed by atoms with Crippen LogP contribution in [0.5, 0.6) is 0 Å². The Hall–Kier alpha value is -1.54. The lowest BCUT2D eigenvalue weighted by Gasteiger charge is -2.25. The fourth-order valence-electron chi connectivity index (χ4n) is 7.65. The lowest BCUT2D eigenvalue weighted by atomic mass is 10.0. The van der Waals surface area contributed by atoms with E-state index in [4.69, 9.17) is 9.05 Å². The molecule has 0 fully saturated rings. The zero-order chi connectivity index (χ0) is 46.4. The van der Waals surface area contributed by atoms with Crippen LogP contribution in [-0.4, -0.2) is 73.4 Å². The first kappa shape index (κ1) is 61.5. The Bertz CT molecular complexity index is 1170. The molecule has 3 atom stereocenters. The molecule has 370 valence electrons. The molecular formula is C54H104N2O6P+. The zero-order valence-electron chi connectivity index (χ0n) is 42.1. The van der Waals surface area contributed by atoms with Crippen LogP contribution in [-0.2, 0) is 18.4 Å². The van der Waals surface area contributed by atoms with Crippen LogP contribution in [0.1, 0.15) is 239 Å². The van der Waals surface area contributed by atoms with Crippen LogP contribution < -0.4 is 5.32 Å². The first-order chi connectivity index (χ1) is 30.5. The van der Waals surface area contributed by atoms with Crippen molar-refractivity contribution in [1.82, 2.24) is 5.32 Å². The zero-order valence-corrected chi connectivity index (χ0v) is 43.0. The van der Waals surface area contributed by atoms with Gasteiger partial charge in [0.2, 0.25) is 5.91 Å². The van der Waals surface area contributed by atoms with Gasteiger partial charge < -0.3 is 19.8 Å². The summed E-state index contributed by atoms with van der Waals surface area (Å²) in [5.74, 6) is -0.206. The van der Waals surface area contributed by atoms with E-state index in [0.29, 0.717) is 17.4 Å². The van der Waals surface area contributed by atoms with Gasteiger partial charge in [-0.1, -0.05) is 229 Å². The van der Waals surface area contributed by atoms with Crippen molar-refractivity contribution in [2.45, 2.75) is 251 Å². The van der Waals surface area contributed by atoms with E-state index in [1.807, 2.05) is 27.2 Å². The maximum atomic E-state index is 12.9. The van der Waals surface area contributed by atoms with Gasteiger partial charge in [0.05, 0.1) is 39.9 Å². The first-order valence-corrected chi connectivity index (χ1v) is 28.0. The lowest BCUT2D eigenvalue weighted by Crippen LogP contribution is -2.45. The number of hydrogen-bond donors (Lipinski definition) is 3. The molecule has 3 N–H and O–H groups in total. The van der Waals surface area contributed by atoms with Crippen molar-refractivity contribution in [2.75, 3.05) is 40.9 Å². The van der Waals surface area contributed by atoms with Gasteiger partial charge in [0.15, 0.2) is 0 Å². The number of nitrogens with zero attached hydrogens (tertiary/aromatic N) is 1. The fraction of sp³-hybridized carbons (Fsp3) is 0.833. The number of quaternary nitrogens is 1. The molecule has 8 nitrogen and oxygen atoms in total. The number of likely N-dealkylation sites (N-methyl/N-ethyl adjacent to an activating group) is 1. The van der Waals surface area contributed by atoms with Gasteiger partial charge in [-0.05, 0) is 51.4 Å². The second kappa shape index (κ2) is 45.6. The Morgan fingerprint density at radius 1 is 0.556 bits per heavy atom. The summed E-state index contributed by atoms with van der Waals surface area (Å²) in [5, 5.41) is 13.9. The third-order valence-corrected chi connectivity index (χ3v) is 12.8. The van der Waals surface area contributed by atoms with Gasteiger partial charge in [-0.25, -0.2) is 4.57 Å². The minimum absolute atomic E-state index is 0.0545. The summed E-state index contributed by atoms with van der Waals surface area (Å²) < 4.78 is 23.6. The third kappa shape index (κ3) is 48.2. The Morgan fingerprint density at radius 2 is 0.952 bits per heavy atom. The molecule has 0 aromatic rings. The number of phosphoric ester groups is 1. The molecule has 0 heterocycles. The van der Waals surface area contributed by atoms with Gasteiger partial charge in [0.1, 0.15) is 13.2 Å². The number of nitrogens with one attached hydrogen (secondary N) is 1. The Labute approximate surface area is 390 Å². The molecule has 0 aromatic heterocycles. The van der Waals surface area contributed by atoms with Crippen molar-refractivity contribution in [2.24, 2.45) is 0 Å². The van der Waals surface area contributed by atoms with E-state index in [-0.39, 0.29) is 19.1 Å². The predicted octanol–water partition coefficient (Wildman–Crippen LogP) is 15.6. The van der Waals surface area contributed by atoms with Crippen LogP contribution in [0.2, 0.25) is 0 Å². The Kier molecular flexibility index (Phi) is 44.5. The molecule has 0 saturated heterocycles. The summed E-state index contributed by atoms with van der Waals surface area (Å²) in [6, 6.07) is -0.862. The minimum atomic E-state index is -4.35. The number of aliphatic hydroxyl groups is 1. The van der Waals surface area contributed by atoms with Crippen molar-refractivity contribution in [3.8, 4) is 0 Å². The van der Waals surface area contributed by atoms with Crippen LogP contribution in [0.15, 0.2) is 48.6 Å². The van der Waals surface area contributed by atoms with Crippen molar-refractivity contribution in [3.63, 3.8) is 0 Å². The summed E-state index contributed by atoms with van der Waals surface area (Å²) in [5.41, 5.74) is 0. The standard InChI is InChI=1S/C54H103N2O6P/c1-6-8-10-12-14-16-18-20-21-22-23-24-25-26-27-28-29-30-31-32-33-34-36-37-39-41-43-45-47-53(57)52(51-62-63(59,60)61-50-49-56(3,4)5)55-54(58)48-46-44-42-40-38-35-19-17-15-13-11-9-7-2/h9,11,15,17,35,38,45,47,52-53,57H,6-8,10,12-14,16,18-34,36-37,39-44,46,48-51H2,1-5H3,(H-,55,58,59,60)/p+1/b11-9-,17-15-,38-35-,47-45+. The molecule has 0 aliphatic carbocycles. The van der Waals surface area contributed by atoms with Crippen molar-refractivity contribution < 1.29 is 32.9 Å². The number of allylic oxidation sites excluding steroid dienone is 7. The number of carbonyl (C=O) groups is 1. The highest BCUT2D eigenvalue weighted by Gasteiger charge is 2.27.